The van der Waals surface area contributed by atoms with E-state index in [4.69, 9.17) is 10.6 Å². The molecule has 1 amide bonds. The van der Waals surface area contributed by atoms with Gasteiger partial charge in [0.1, 0.15) is 0 Å². The van der Waals surface area contributed by atoms with Crippen LogP contribution in [0.5, 0.6) is 0 Å². The molecule has 0 bridgehead atoms. The van der Waals surface area contributed by atoms with E-state index in [0.717, 1.165) is 36.4 Å². The van der Waals surface area contributed by atoms with Crippen molar-refractivity contribution in [2.24, 2.45) is 10.9 Å². The molecule has 0 radical (unpaired) electrons. The number of benzene rings is 2. The summed E-state index contributed by atoms with van der Waals surface area (Å²) in [6, 6.07) is 15.8. The minimum atomic E-state index is -0.269. The molecule has 2 aromatic rings. The second-order valence-corrected chi connectivity index (χ2v) is 8.07. The quantitative estimate of drug-likeness (QED) is 0.392. The molecule has 3 rings (SSSR count). The van der Waals surface area contributed by atoms with Gasteiger partial charge in [0.25, 0.3) is 5.91 Å². The van der Waals surface area contributed by atoms with Gasteiger partial charge in [-0.1, -0.05) is 61.8 Å². The second kappa shape index (κ2) is 10.8. The van der Waals surface area contributed by atoms with Crippen molar-refractivity contribution in [1.29, 1.82) is 0 Å². The molecule has 1 fully saturated rings. The Morgan fingerprint density at radius 2 is 1.90 bits per heavy atom. The van der Waals surface area contributed by atoms with E-state index in [9.17, 15) is 4.79 Å². The fraction of sp³-hybridized carbons (Fsp3) is 0.417. The van der Waals surface area contributed by atoms with Crippen LogP contribution in [0, 0.1) is 0 Å². The number of oxime groups is 1. The van der Waals surface area contributed by atoms with Gasteiger partial charge in [0.2, 0.25) is 0 Å². The first-order valence-corrected chi connectivity index (χ1v) is 10.7. The summed E-state index contributed by atoms with van der Waals surface area (Å²) >= 11 is 0. The van der Waals surface area contributed by atoms with Crippen molar-refractivity contribution in [3.63, 3.8) is 0 Å². The number of hydrogen-bond acceptors (Lipinski definition) is 4. The highest BCUT2D eigenvalue weighted by Gasteiger charge is 2.14. The zero-order chi connectivity index (χ0) is 21.3. The molecule has 1 aliphatic heterocycles. The van der Waals surface area contributed by atoms with Gasteiger partial charge in [0.05, 0.1) is 0 Å². The van der Waals surface area contributed by atoms with Crippen LogP contribution in [0.25, 0.3) is 0 Å². The largest absolute Gasteiger partial charge is 0.384 e. The van der Waals surface area contributed by atoms with E-state index in [1.165, 1.54) is 24.8 Å². The lowest BCUT2D eigenvalue weighted by atomic mass is 10.0. The van der Waals surface area contributed by atoms with Gasteiger partial charge >= 0.3 is 0 Å². The molecule has 0 aliphatic carbocycles. The Morgan fingerprint density at radius 3 is 2.67 bits per heavy atom. The van der Waals surface area contributed by atoms with E-state index in [2.05, 4.69) is 35.3 Å². The van der Waals surface area contributed by atoms with Crippen molar-refractivity contribution in [1.82, 2.24) is 4.90 Å². The first-order chi connectivity index (χ1) is 14.5. The summed E-state index contributed by atoms with van der Waals surface area (Å²) in [5.41, 5.74) is 10.1. The first kappa shape index (κ1) is 21.8. The standard InChI is InChI=1S/C24H32N4O2/c1-18(2)19-10-8-11-21(15-19)26-23(29)17-30-27-24(25)22-12-5-4-9-20(22)16-28-13-6-3-7-14-28/h4-5,8-12,15,18H,3,6-7,13-14,16-17H2,1-2H3,(H2,25,27)(H,26,29). The number of carbonyl (C=O) groups excluding carboxylic acids is 1. The van der Waals surface area contributed by atoms with Crippen LogP contribution in [0.3, 0.4) is 0 Å². The predicted molar refractivity (Wildman–Crippen MR) is 121 cm³/mol. The first-order valence-electron chi connectivity index (χ1n) is 10.7. The van der Waals surface area contributed by atoms with Gasteiger partial charge in [0.15, 0.2) is 12.4 Å². The van der Waals surface area contributed by atoms with Gasteiger partial charge in [-0.2, -0.15) is 0 Å². The molecule has 1 heterocycles. The fourth-order valence-corrected chi connectivity index (χ4v) is 3.65. The van der Waals surface area contributed by atoms with Crippen molar-refractivity contribution in [2.75, 3.05) is 25.0 Å². The molecule has 0 atom stereocenters. The molecule has 30 heavy (non-hydrogen) atoms. The molecule has 0 aromatic heterocycles. The van der Waals surface area contributed by atoms with Gasteiger partial charge in [0, 0.05) is 17.8 Å². The van der Waals surface area contributed by atoms with Crippen LogP contribution in [0.1, 0.15) is 55.7 Å². The van der Waals surface area contributed by atoms with Crippen LogP contribution in [0.2, 0.25) is 0 Å². The maximum atomic E-state index is 12.2. The summed E-state index contributed by atoms with van der Waals surface area (Å²) in [4.78, 5) is 19.9. The lowest BCUT2D eigenvalue weighted by molar-refractivity contribution is -0.120. The van der Waals surface area contributed by atoms with E-state index >= 15 is 0 Å². The maximum Gasteiger partial charge on any atom is 0.265 e. The van der Waals surface area contributed by atoms with E-state index in [1.54, 1.807) is 0 Å². The molecule has 1 aliphatic rings. The number of anilines is 1. The van der Waals surface area contributed by atoms with Gasteiger partial charge in [-0.05, 0) is 55.1 Å². The van der Waals surface area contributed by atoms with Gasteiger partial charge in [-0.25, -0.2) is 0 Å². The lowest BCUT2D eigenvalue weighted by Gasteiger charge is -2.27. The molecule has 0 spiro atoms. The summed E-state index contributed by atoms with van der Waals surface area (Å²) in [5.74, 6) is 0.416. The van der Waals surface area contributed by atoms with Crippen LogP contribution in [0.4, 0.5) is 5.69 Å². The van der Waals surface area contributed by atoms with Crippen molar-refractivity contribution in [3.05, 3.63) is 65.2 Å². The highest BCUT2D eigenvalue weighted by molar-refractivity contribution is 5.98. The monoisotopic (exact) mass is 408 g/mol. The number of likely N-dealkylation sites (tertiary alicyclic amines) is 1. The SMILES string of the molecule is CC(C)c1cccc(NC(=O)CO/N=C(/N)c2ccccc2CN2CCCCC2)c1. The van der Waals surface area contributed by atoms with Crippen LogP contribution in [-0.4, -0.2) is 36.3 Å². The third kappa shape index (κ3) is 6.32. The van der Waals surface area contributed by atoms with Gasteiger partial charge in [-0.3, -0.25) is 9.69 Å². The number of carbonyl (C=O) groups is 1. The van der Waals surface area contributed by atoms with E-state index < -0.39 is 0 Å². The average molecular weight is 409 g/mol. The second-order valence-electron chi connectivity index (χ2n) is 8.07. The summed E-state index contributed by atoms with van der Waals surface area (Å²) in [6.45, 7) is 7.11. The van der Waals surface area contributed by atoms with Crippen LogP contribution in [0.15, 0.2) is 53.7 Å². The van der Waals surface area contributed by atoms with E-state index in [1.807, 2.05) is 42.5 Å². The van der Waals surface area contributed by atoms with Crippen LogP contribution in [-0.2, 0) is 16.2 Å². The Kier molecular flexibility index (Phi) is 7.85. The van der Waals surface area contributed by atoms with E-state index in [-0.39, 0.29) is 18.3 Å². The number of nitrogens with zero attached hydrogens (tertiary/aromatic N) is 2. The Hall–Kier alpha value is -2.86. The Labute approximate surface area is 179 Å². The summed E-state index contributed by atoms with van der Waals surface area (Å²) in [7, 11) is 0. The van der Waals surface area contributed by atoms with Crippen molar-refractivity contribution >= 4 is 17.4 Å². The molecule has 0 saturated carbocycles. The number of amidine groups is 1. The van der Waals surface area contributed by atoms with Crippen molar-refractivity contribution < 1.29 is 9.63 Å². The molecule has 160 valence electrons. The Morgan fingerprint density at radius 1 is 1.13 bits per heavy atom. The topological polar surface area (TPSA) is 79.9 Å². The number of piperidine rings is 1. The number of amides is 1. The van der Waals surface area contributed by atoms with E-state index in [0.29, 0.717) is 5.92 Å². The zero-order valence-electron chi connectivity index (χ0n) is 17.9. The highest BCUT2D eigenvalue weighted by atomic mass is 16.6. The van der Waals surface area contributed by atoms with Crippen molar-refractivity contribution in [3.8, 4) is 0 Å². The minimum Gasteiger partial charge on any atom is -0.384 e. The fourth-order valence-electron chi connectivity index (χ4n) is 3.65. The van der Waals surface area contributed by atoms with Gasteiger partial charge in [-0.15, -0.1) is 0 Å². The number of nitrogens with one attached hydrogen (secondary N) is 1. The Bertz CT molecular complexity index is 873. The molecule has 2 aromatic carbocycles. The zero-order valence-corrected chi connectivity index (χ0v) is 17.9. The average Bonchev–Trinajstić information content (AvgIpc) is 2.75. The third-order valence-electron chi connectivity index (χ3n) is 5.33. The van der Waals surface area contributed by atoms with Crippen LogP contribution >= 0.6 is 0 Å². The molecule has 6 nitrogen and oxygen atoms in total. The lowest BCUT2D eigenvalue weighted by Crippen LogP contribution is -2.30. The predicted octanol–water partition coefficient (Wildman–Crippen LogP) is 4.07. The molecule has 3 N–H and O–H groups in total. The van der Waals surface area contributed by atoms with Crippen LogP contribution < -0.4 is 11.1 Å². The smallest absolute Gasteiger partial charge is 0.265 e. The number of hydrogen-bond donors (Lipinski definition) is 2. The number of rotatable bonds is 8. The Balaban J connectivity index is 1.56. The molecular weight excluding hydrogens is 376 g/mol. The molecular formula is C24H32N4O2. The van der Waals surface area contributed by atoms with Gasteiger partial charge < -0.3 is 15.9 Å². The van der Waals surface area contributed by atoms with Crippen molar-refractivity contribution in [2.45, 2.75) is 45.6 Å². The normalized spacial score (nSPS) is 15.2. The summed E-state index contributed by atoms with van der Waals surface area (Å²) in [5, 5.41) is 6.83. The minimum absolute atomic E-state index is 0.194. The third-order valence-corrected chi connectivity index (χ3v) is 5.33. The summed E-state index contributed by atoms with van der Waals surface area (Å²) < 4.78 is 0. The summed E-state index contributed by atoms with van der Waals surface area (Å²) in [6.07, 6.45) is 3.79. The maximum absolute atomic E-state index is 12.2. The number of nitrogens with two attached hydrogens (primary N) is 1. The highest BCUT2D eigenvalue weighted by Crippen LogP contribution is 2.19. The molecule has 6 heteroatoms. The molecule has 1 saturated heterocycles. The molecule has 0 unspecified atom stereocenters.